The fourth-order valence-corrected chi connectivity index (χ4v) is 1.17. The second kappa shape index (κ2) is 2.84. The van der Waals surface area contributed by atoms with Crippen LogP contribution in [0.3, 0.4) is 0 Å². The van der Waals surface area contributed by atoms with Gasteiger partial charge in [-0.05, 0) is 19.9 Å². The van der Waals surface area contributed by atoms with E-state index in [9.17, 15) is 4.39 Å². The average molecular weight is 147 g/mol. The zero-order valence-electron chi connectivity index (χ0n) is 6.48. The summed E-state index contributed by atoms with van der Waals surface area (Å²) in [6.07, 6.45) is -0.115. The molecular weight excluding hydrogens is 133 g/mol. The number of halogens is 1. The topological polar surface area (TPSA) is 21.3 Å². The van der Waals surface area contributed by atoms with E-state index in [0.717, 1.165) is 13.0 Å². The van der Waals surface area contributed by atoms with Gasteiger partial charge < -0.3 is 10.1 Å². The van der Waals surface area contributed by atoms with Gasteiger partial charge in [0.1, 0.15) is 6.17 Å². The van der Waals surface area contributed by atoms with Crippen molar-refractivity contribution in [1.82, 2.24) is 5.32 Å². The van der Waals surface area contributed by atoms with Gasteiger partial charge in [-0.15, -0.1) is 0 Å². The van der Waals surface area contributed by atoms with E-state index >= 15 is 0 Å². The Morgan fingerprint density at radius 3 is 2.80 bits per heavy atom. The summed E-state index contributed by atoms with van der Waals surface area (Å²) in [7, 11) is 1.57. The smallest absolute Gasteiger partial charge is 0.141 e. The number of hydrogen-bond acceptors (Lipinski definition) is 2. The predicted molar refractivity (Wildman–Crippen MR) is 37.8 cm³/mol. The highest BCUT2D eigenvalue weighted by molar-refractivity contribution is 4.89. The van der Waals surface area contributed by atoms with Crippen LogP contribution in [-0.2, 0) is 4.74 Å². The van der Waals surface area contributed by atoms with Crippen molar-refractivity contribution in [3.05, 3.63) is 0 Å². The van der Waals surface area contributed by atoms with Crippen LogP contribution >= 0.6 is 0 Å². The summed E-state index contributed by atoms with van der Waals surface area (Å²) in [5.74, 6) is 0. The summed E-state index contributed by atoms with van der Waals surface area (Å²) < 4.78 is 18.1. The number of piperidine rings is 1. The van der Waals surface area contributed by atoms with Crippen molar-refractivity contribution < 1.29 is 9.13 Å². The van der Waals surface area contributed by atoms with Gasteiger partial charge in [0.25, 0.3) is 0 Å². The van der Waals surface area contributed by atoms with E-state index < -0.39 is 11.8 Å². The van der Waals surface area contributed by atoms with E-state index in [4.69, 9.17) is 4.74 Å². The summed E-state index contributed by atoms with van der Waals surface area (Å²) in [4.78, 5) is 0. The zero-order valence-corrected chi connectivity index (χ0v) is 6.48. The molecule has 0 amide bonds. The van der Waals surface area contributed by atoms with E-state index in [1.54, 1.807) is 7.11 Å². The molecule has 0 aromatic rings. The second-order valence-corrected chi connectivity index (χ2v) is 2.94. The van der Waals surface area contributed by atoms with Crippen molar-refractivity contribution >= 4 is 0 Å². The molecular formula is C7H14FNO. The lowest BCUT2D eigenvalue weighted by Crippen LogP contribution is -2.51. The molecule has 2 unspecified atom stereocenters. The molecule has 2 nitrogen and oxygen atoms in total. The molecule has 0 aromatic carbocycles. The van der Waals surface area contributed by atoms with Gasteiger partial charge in [-0.3, -0.25) is 0 Å². The fourth-order valence-electron chi connectivity index (χ4n) is 1.17. The fraction of sp³-hybridized carbons (Fsp3) is 1.00. The minimum Gasteiger partial charge on any atom is -0.375 e. The first-order valence-electron chi connectivity index (χ1n) is 3.59. The van der Waals surface area contributed by atoms with Gasteiger partial charge >= 0.3 is 0 Å². The maximum Gasteiger partial charge on any atom is 0.141 e. The van der Waals surface area contributed by atoms with Crippen LogP contribution < -0.4 is 5.32 Å². The Balaban J connectivity index is 2.54. The SMILES string of the molecule is COC1(C)CCNCC1F. The molecule has 0 aliphatic carbocycles. The van der Waals surface area contributed by atoms with E-state index in [1.807, 2.05) is 6.92 Å². The molecule has 60 valence electrons. The first-order chi connectivity index (χ1) is 4.69. The van der Waals surface area contributed by atoms with Gasteiger partial charge in [0.15, 0.2) is 0 Å². The van der Waals surface area contributed by atoms with Crippen molar-refractivity contribution in [3.8, 4) is 0 Å². The van der Waals surface area contributed by atoms with Crippen LogP contribution in [0.5, 0.6) is 0 Å². The lowest BCUT2D eigenvalue weighted by molar-refractivity contribution is -0.0729. The van der Waals surface area contributed by atoms with E-state index in [1.165, 1.54) is 0 Å². The predicted octanol–water partition coefficient (Wildman–Crippen LogP) is 0.723. The van der Waals surface area contributed by atoms with Crippen molar-refractivity contribution in [2.75, 3.05) is 20.2 Å². The Hall–Kier alpha value is -0.150. The first kappa shape index (κ1) is 7.95. The summed E-state index contributed by atoms with van der Waals surface area (Å²) in [6.45, 7) is 3.09. The van der Waals surface area contributed by atoms with Gasteiger partial charge in [0.2, 0.25) is 0 Å². The van der Waals surface area contributed by atoms with Gasteiger partial charge in [-0.25, -0.2) is 4.39 Å². The lowest BCUT2D eigenvalue weighted by atomic mass is 9.93. The van der Waals surface area contributed by atoms with Gasteiger partial charge in [0.05, 0.1) is 5.60 Å². The number of methoxy groups -OCH3 is 1. The lowest BCUT2D eigenvalue weighted by Gasteiger charge is -2.35. The van der Waals surface area contributed by atoms with Gasteiger partial charge in [-0.1, -0.05) is 0 Å². The highest BCUT2D eigenvalue weighted by Crippen LogP contribution is 2.23. The third-order valence-electron chi connectivity index (χ3n) is 2.25. The van der Waals surface area contributed by atoms with Crippen LogP contribution in [0.4, 0.5) is 4.39 Å². The molecule has 0 spiro atoms. The van der Waals surface area contributed by atoms with Crippen molar-refractivity contribution in [2.24, 2.45) is 0 Å². The van der Waals surface area contributed by atoms with Crippen molar-refractivity contribution in [2.45, 2.75) is 25.1 Å². The largest absolute Gasteiger partial charge is 0.375 e. The molecule has 0 bridgehead atoms. The minimum atomic E-state index is -0.869. The molecule has 0 aromatic heterocycles. The van der Waals surface area contributed by atoms with Crippen LogP contribution in [0.2, 0.25) is 0 Å². The third-order valence-corrected chi connectivity index (χ3v) is 2.25. The molecule has 10 heavy (non-hydrogen) atoms. The molecule has 1 fully saturated rings. The monoisotopic (exact) mass is 147 g/mol. The maximum absolute atomic E-state index is 13.0. The molecule has 1 heterocycles. The molecule has 3 heteroatoms. The highest BCUT2D eigenvalue weighted by Gasteiger charge is 2.36. The summed E-state index contributed by atoms with van der Waals surface area (Å²) >= 11 is 0. The number of alkyl halides is 1. The van der Waals surface area contributed by atoms with E-state index in [0.29, 0.717) is 6.54 Å². The van der Waals surface area contributed by atoms with Crippen molar-refractivity contribution in [1.29, 1.82) is 0 Å². The summed E-state index contributed by atoms with van der Waals surface area (Å²) in [6, 6.07) is 0. The van der Waals surface area contributed by atoms with Gasteiger partial charge in [0, 0.05) is 13.7 Å². The average Bonchev–Trinajstić information content (AvgIpc) is 1.96. The Kier molecular flexibility index (Phi) is 2.26. The van der Waals surface area contributed by atoms with Crippen LogP contribution in [0.1, 0.15) is 13.3 Å². The Morgan fingerprint density at radius 1 is 1.70 bits per heavy atom. The second-order valence-electron chi connectivity index (χ2n) is 2.94. The zero-order chi connectivity index (χ0) is 7.61. The molecule has 1 aliphatic heterocycles. The quantitative estimate of drug-likeness (QED) is 0.590. The maximum atomic E-state index is 13.0. The standard InChI is InChI=1S/C7H14FNO/c1-7(10-2)3-4-9-5-6(7)8/h6,9H,3-5H2,1-2H3. The number of nitrogens with one attached hydrogen (secondary N) is 1. The number of rotatable bonds is 1. The van der Waals surface area contributed by atoms with Crippen LogP contribution in [0.25, 0.3) is 0 Å². The van der Waals surface area contributed by atoms with E-state index in [-0.39, 0.29) is 0 Å². The third kappa shape index (κ3) is 1.30. The summed E-state index contributed by atoms with van der Waals surface area (Å²) in [5.41, 5.74) is -0.550. The number of hydrogen-bond donors (Lipinski definition) is 1. The normalized spacial score (nSPS) is 41.7. The highest BCUT2D eigenvalue weighted by atomic mass is 19.1. The van der Waals surface area contributed by atoms with Gasteiger partial charge in [-0.2, -0.15) is 0 Å². The van der Waals surface area contributed by atoms with E-state index in [2.05, 4.69) is 5.32 Å². The van der Waals surface area contributed by atoms with Crippen LogP contribution in [0, 0.1) is 0 Å². The van der Waals surface area contributed by atoms with Crippen LogP contribution in [-0.4, -0.2) is 32.0 Å². The molecule has 1 N–H and O–H groups in total. The Bertz CT molecular complexity index is 120. The molecule has 0 radical (unpaired) electrons. The Morgan fingerprint density at radius 2 is 2.40 bits per heavy atom. The molecule has 1 saturated heterocycles. The molecule has 1 rings (SSSR count). The first-order valence-corrected chi connectivity index (χ1v) is 3.59. The minimum absolute atomic E-state index is 0.421. The molecule has 0 saturated carbocycles. The Labute approximate surface area is 60.8 Å². The summed E-state index contributed by atoms with van der Waals surface area (Å²) in [5, 5.41) is 2.97. The molecule has 1 aliphatic rings. The van der Waals surface area contributed by atoms with Crippen molar-refractivity contribution in [3.63, 3.8) is 0 Å². The number of ether oxygens (including phenoxy) is 1. The molecule has 2 atom stereocenters. The van der Waals surface area contributed by atoms with Crippen LogP contribution in [0.15, 0.2) is 0 Å².